The van der Waals surface area contributed by atoms with E-state index in [0.717, 1.165) is 0 Å². The summed E-state index contributed by atoms with van der Waals surface area (Å²) < 4.78 is 1.97. The first-order chi connectivity index (χ1) is 3.18. The highest BCUT2D eigenvalue weighted by Gasteiger charge is 2.00. The Morgan fingerprint density at radius 2 is 2.14 bits per heavy atom. The van der Waals surface area contributed by atoms with Crippen molar-refractivity contribution in [1.82, 2.24) is 0 Å². The van der Waals surface area contributed by atoms with Gasteiger partial charge in [-0.25, -0.2) is 4.58 Å². The molecule has 42 valence electrons. The van der Waals surface area contributed by atoms with Crippen LogP contribution in [0.5, 0.6) is 0 Å². The Labute approximate surface area is 45.7 Å². The van der Waals surface area contributed by atoms with Gasteiger partial charge in [0.15, 0.2) is 0 Å². The van der Waals surface area contributed by atoms with Crippen molar-refractivity contribution in [3.63, 3.8) is 0 Å². The van der Waals surface area contributed by atoms with Crippen LogP contribution in [0.3, 0.4) is 0 Å². The van der Waals surface area contributed by atoms with Crippen LogP contribution < -0.4 is 0 Å². The first kappa shape index (κ1) is 6.67. The molecule has 0 spiro atoms. The van der Waals surface area contributed by atoms with Crippen LogP contribution in [0.15, 0.2) is 0 Å². The topological polar surface area (TPSA) is 3.01 Å². The Balaban J connectivity index is 3.34. The van der Waals surface area contributed by atoms with Gasteiger partial charge in [0.2, 0.25) is 0 Å². The van der Waals surface area contributed by atoms with Gasteiger partial charge in [-0.05, 0) is 6.92 Å². The monoisotopic (exact) mass is 100 g/mol. The first-order valence-electron chi connectivity index (χ1n) is 2.71. The maximum absolute atomic E-state index is 3.74. The fourth-order valence-corrected chi connectivity index (χ4v) is 0.312. The minimum absolute atomic E-state index is 0.625. The predicted molar refractivity (Wildman–Crippen MR) is 33.1 cm³/mol. The molecule has 1 heteroatoms. The molecular formula is C6H14N+. The van der Waals surface area contributed by atoms with E-state index in [-0.39, 0.29) is 0 Å². The van der Waals surface area contributed by atoms with Crippen molar-refractivity contribution in [2.75, 3.05) is 7.05 Å². The van der Waals surface area contributed by atoms with E-state index < -0.39 is 0 Å². The van der Waals surface area contributed by atoms with Crippen LogP contribution in [0, 0.1) is 0 Å². The fourth-order valence-electron chi connectivity index (χ4n) is 0.312. The van der Waals surface area contributed by atoms with Gasteiger partial charge in [-0.3, -0.25) is 0 Å². The molecule has 0 radical (unpaired) electrons. The predicted octanol–water partition coefficient (Wildman–Crippen LogP) is 1.13. The molecule has 1 atom stereocenters. The van der Waals surface area contributed by atoms with Crippen LogP contribution in [0.25, 0.3) is 0 Å². The van der Waals surface area contributed by atoms with Crippen molar-refractivity contribution < 1.29 is 4.58 Å². The van der Waals surface area contributed by atoms with Gasteiger partial charge in [-0.1, -0.05) is 6.92 Å². The molecule has 0 aliphatic rings. The summed E-state index contributed by atoms with van der Waals surface area (Å²) in [6, 6.07) is 0.625. The highest BCUT2D eigenvalue weighted by atomic mass is 15.0. The minimum Gasteiger partial charge on any atom is -0.243 e. The van der Waals surface area contributed by atoms with Gasteiger partial charge in [-0.2, -0.15) is 0 Å². The molecule has 0 aliphatic carbocycles. The Kier molecular flexibility index (Phi) is 2.65. The highest BCUT2D eigenvalue weighted by molar-refractivity contribution is 5.14. The summed E-state index contributed by atoms with van der Waals surface area (Å²) in [4.78, 5) is 0. The molecule has 0 saturated heterocycles. The summed E-state index contributed by atoms with van der Waals surface area (Å²) in [5.41, 5.74) is 0. The molecule has 0 aromatic rings. The second-order valence-electron chi connectivity index (χ2n) is 2.01. The van der Waals surface area contributed by atoms with E-state index in [2.05, 4.69) is 20.6 Å². The van der Waals surface area contributed by atoms with Crippen LogP contribution >= 0.6 is 0 Å². The lowest BCUT2D eigenvalue weighted by atomic mass is 10.3. The molecule has 0 saturated carbocycles. The molecule has 0 rings (SSSR count). The maximum atomic E-state index is 3.74. The molecule has 0 amide bonds. The van der Waals surface area contributed by atoms with Gasteiger partial charge in [0, 0.05) is 6.42 Å². The lowest BCUT2D eigenvalue weighted by Gasteiger charge is -1.99. The molecule has 0 bridgehead atoms. The summed E-state index contributed by atoms with van der Waals surface area (Å²) in [5.74, 6) is 0. The number of rotatable bonds is 2. The van der Waals surface area contributed by atoms with E-state index in [1.54, 1.807) is 0 Å². The smallest absolute Gasteiger partial charge is 0.148 e. The highest BCUT2D eigenvalue weighted by Crippen LogP contribution is 1.89. The average molecular weight is 100 g/mol. The normalized spacial score (nSPS) is 13.6. The summed E-state index contributed by atoms with van der Waals surface area (Å²) in [5, 5.41) is 0. The van der Waals surface area contributed by atoms with Gasteiger partial charge in [-0.15, -0.1) is 0 Å². The van der Waals surface area contributed by atoms with Crippen molar-refractivity contribution >= 4 is 6.72 Å². The summed E-state index contributed by atoms with van der Waals surface area (Å²) >= 11 is 0. The van der Waals surface area contributed by atoms with Gasteiger partial charge in [0.1, 0.15) is 19.8 Å². The molecular weight excluding hydrogens is 86.1 g/mol. The molecule has 0 aliphatic heterocycles. The number of hydrogen-bond donors (Lipinski definition) is 0. The SMILES string of the molecule is C=[N+](C)C(C)CC. The molecule has 1 nitrogen and oxygen atoms in total. The van der Waals surface area contributed by atoms with Crippen molar-refractivity contribution in [3.8, 4) is 0 Å². The van der Waals surface area contributed by atoms with E-state index in [9.17, 15) is 0 Å². The molecule has 0 N–H and O–H groups in total. The third-order valence-corrected chi connectivity index (χ3v) is 1.34. The van der Waals surface area contributed by atoms with Crippen LogP contribution in [-0.4, -0.2) is 24.4 Å². The standard InChI is InChI=1S/C6H14N/c1-5-6(2)7(3)4/h6H,3,5H2,1-2,4H3/q+1. The van der Waals surface area contributed by atoms with Crippen LogP contribution in [0.4, 0.5) is 0 Å². The molecule has 7 heavy (non-hydrogen) atoms. The third-order valence-electron chi connectivity index (χ3n) is 1.34. The van der Waals surface area contributed by atoms with Gasteiger partial charge >= 0.3 is 0 Å². The second kappa shape index (κ2) is 2.78. The van der Waals surface area contributed by atoms with Crippen molar-refractivity contribution in [3.05, 3.63) is 0 Å². The average Bonchev–Trinajstić information content (AvgIpc) is 1.65. The first-order valence-corrected chi connectivity index (χ1v) is 2.71. The van der Waals surface area contributed by atoms with Crippen LogP contribution in [0.1, 0.15) is 20.3 Å². The van der Waals surface area contributed by atoms with E-state index >= 15 is 0 Å². The number of hydrogen-bond acceptors (Lipinski definition) is 0. The molecule has 0 aromatic carbocycles. The van der Waals surface area contributed by atoms with Crippen molar-refractivity contribution in [1.29, 1.82) is 0 Å². The maximum Gasteiger partial charge on any atom is 0.148 e. The third kappa shape index (κ3) is 2.38. The lowest BCUT2D eigenvalue weighted by molar-refractivity contribution is -0.526. The largest absolute Gasteiger partial charge is 0.243 e. The van der Waals surface area contributed by atoms with Crippen LogP contribution in [0.2, 0.25) is 0 Å². The van der Waals surface area contributed by atoms with E-state index in [0.29, 0.717) is 6.04 Å². The zero-order chi connectivity index (χ0) is 5.86. The van der Waals surface area contributed by atoms with Gasteiger partial charge < -0.3 is 0 Å². The minimum atomic E-state index is 0.625. The Bertz CT molecular complexity index is 66.6. The summed E-state index contributed by atoms with van der Waals surface area (Å²) in [7, 11) is 1.99. The second-order valence-corrected chi connectivity index (χ2v) is 2.01. The Morgan fingerprint density at radius 1 is 1.71 bits per heavy atom. The fraction of sp³-hybridized carbons (Fsp3) is 0.833. The van der Waals surface area contributed by atoms with E-state index in [4.69, 9.17) is 0 Å². The molecule has 0 fully saturated rings. The number of nitrogens with zero attached hydrogens (tertiary/aromatic N) is 1. The van der Waals surface area contributed by atoms with Crippen molar-refractivity contribution in [2.24, 2.45) is 0 Å². The van der Waals surface area contributed by atoms with Crippen LogP contribution in [-0.2, 0) is 0 Å². The summed E-state index contributed by atoms with van der Waals surface area (Å²) in [6.45, 7) is 8.06. The Morgan fingerprint density at radius 3 is 2.14 bits per heavy atom. The van der Waals surface area contributed by atoms with E-state index in [1.807, 2.05) is 11.6 Å². The van der Waals surface area contributed by atoms with Gasteiger partial charge in [0.05, 0.1) is 0 Å². The van der Waals surface area contributed by atoms with Crippen molar-refractivity contribution in [2.45, 2.75) is 26.3 Å². The zero-order valence-electron chi connectivity index (χ0n) is 5.44. The Hall–Kier alpha value is -0.330. The molecule has 0 heterocycles. The molecule has 0 aromatic heterocycles. The van der Waals surface area contributed by atoms with Gasteiger partial charge in [0.25, 0.3) is 0 Å². The molecule has 1 unspecified atom stereocenters. The summed E-state index contributed by atoms with van der Waals surface area (Å²) in [6.07, 6.45) is 1.18. The lowest BCUT2D eigenvalue weighted by Crippen LogP contribution is -2.15. The quantitative estimate of drug-likeness (QED) is 0.361. The van der Waals surface area contributed by atoms with E-state index in [1.165, 1.54) is 6.42 Å². The zero-order valence-corrected chi connectivity index (χ0v) is 5.44.